The van der Waals surface area contributed by atoms with Gasteiger partial charge in [-0.2, -0.15) is 0 Å². The van der Waals surface area contributed by atoms with Gasteiger partial charge in [0, 0.05) is 34.5 Å². The van der Waals surface area contributed by atoms with Gasteiger partial charge in [-0.3, -0.25) is 4.98 Å². The van der Waals surface area contributed by atoms with Crippen LogP contribution < -0.4 is 4.74 Å². The van der Waals surface area contributed by atoms with Crippen molar-refractivity contribution in [3.8, 4) is 28.7 Å². The average molecular weight is 406 g/mol. The molecule has 0 amide bonds. The topological polar surface area (TPSA) is 61.0 Å². The highest BCUT2D eigenvalue weighted by Crippen LogP contribution is 2.26. The fourth-order valence-electron chi connectivity index (χ4n) is 2.83. The second-order valence-electron chi connectivity index (χ2n) is 6.55. The summed E-state index contributed by atoms with van der Waals surface area (Å²) in [5.41, 5.74) is 3.93. The van der Waals surface area contributed by atoms with Crippen molar-refractivity contribution < 1.29 is 9.15 Å². The number of aryl methyl sites for hydroxylation is 1. The van der Waals surface area contributed by atoms with Crippen LogP contribution >= 0.6 is 11.6 Å². The van der Waals surface area contributed by atoms with E-state index < -0.39 is 0 Å². The highest BCUT2D eigenvalue weighted by molar-refractivity contribution is 6.30. The van der Waals surface area contributed by atoms with E-state index in [0.29, 0.717) is 23.4 Å². The maximum Gasteiger partial charge on any atom is 0.248 e. The van der Waals surface area contributed by atoms with E-state index in [9.17, 15) is 0 Å². The van der Waals surface area contributed by atoms with Crippen molar-refractivity contribution in [2.24, 2.45) is 0 Å². The van der Waals surface area contributed by atoms with E-state index in [1.54, 1.807) is 12.1 Å². The first-order chi connectivity index (χ1) is 14.2. The summed E-state index contributed by atoms with van der Waals surface area (Å²) in [6, 6.07) is 19.1. The Labute approximate surface area is 174 Å². The molecule has 0 saturated carbocycles. The molecular formula is C23H20ClN3O2. The van der Waals surface area contributed by atoms with E-state index in [2.05, 4.69) is 34.2 Å². The fourth-order valence-corrected chi connectivity index (χ4v) is 2.95. The van der Waals surface area contributed by atoms with Gasteiger partial charge in [0.05, 0.1) is 6.61 Å². The van der Waals surface area contributed by atoms with Gasteiger partial charge in [-0.15, -0.1) is 10.2 Å². The zero-order chi connectivity index (χ0) is 20.1. The minimum absolute atomic E-state index is 0.457. The second kappa shape index (κ2) is 8.88. The summed E-state index contributed by atoms with van der Waals surface area (Å²) >= 11 is 5.92. The Morgan fingerprint density at radius 1 is 0.862 bits per heavy atom. The molecule has 2 aromatic heterocycles. The molecule has 0 spiro atoms. The Morgan fingerprint density at radius 3 is 2.10 bits per heavy atom. The molecule has 0 aliphatic rings. The first kappa shape index (κ1) is 19.2. The van der Waals surface area contributed by atoms with Crippen molar-refractivity contribution in [3.63, 3.8) is 0 Å². The monoisotopic (exact) mass is 405 g/mol. The third kappa shape index (κ3) is 4.81. The van der Waals surface area contributed by atoms with Gasteiger partial charge in [0.15, 0.2) is 0 Å². The molecule has 2 aromatic carbocycles. The maximum absolute atomic E-state index is 5.92. The molecule has 4 aromatic rings. The Bertz CT molecular complexity index is 1060. The van der Waals surface area contributed by atoms with Crippen LogP contribution in [0.1, 0.15) is 18.2 Å². The molecule has 0 atom stereocenters. The van der Waals surface area contributed by atoms with Crippen LogP contribution in [0.2, 0.25) is 5.02 Å². The molecule has 0 aliphatic heterocycles. The zero-order valence-corrected chi connectivity index (χ0v) is 16.8. The van der Waals surface area contributed by atoms with E-state index in [1.165, 1.54) is 5.56 Å². The lowest BCUT2D eigenvalue weighted by atomic mass is 10.2. The normalized spacial score (nSPS) is 10.8. The molecule has 0 saturated heterocycles. The molecule has 0 unspecified atom stereocenters. The van der Waals surface area contributed by atoms with Crippen LogP contribution in [0.5, 0.6) is 5.75 Å². The summed E-state index contributed by atoms with van der Waals surface area (Å²) in [6.45, 7) is 2.69. The largest absolute Gasteiger partial charge is 0.493 e. The van der Waals surface area contributed by atoms with Crippen LogP contribution in [0.25, 0.3) is 22.9 Å². The molecule has 29 heavy (non-hydrogen) atoms. The van der Waals surface area contributed by atoms with Gasteiger partial charge in [0.25, 0.3) is 0 Å². The number of benzene rings is 2. The number of hydrogen-bond donors (Lipinski definition) is 0. The highest BCUT2D eigenvalue weighted by Gasteiger charge is 2.10. The SMILES string of the molecule is CCc1ccc(CCOc2ccc(-c3nnc(-c4ccc(Cl)cc4)o3)cc2)nc1. The van der Waals surface area contributed by atoms with Gasteiger partial charge in [-0.25, -0.2) is 0 Å². The molecule has 6 heteroatoms. The third-order valence-electron chi connectivity index (χ3n) is 4.54. The molecule has 5 nitrogen and oxygen atoms in total. The van der Waals surface area contributed by atoms with Crippen molar-refractivity contribution in [1.29, 1.82) is 0 Å². The lowest BCUT2D eigenvalue weighted by Crippen LogP contribution is -2.03. The number of ether oxygens (including phenoxy) is 1. The standard InChI is InChI=1S/C23H20ClN3O2/c1-2-16-3-10-20(25-15-16)13-14-28-21-11-6-18(7-12-21)23-27-26-22(29-23)17-4-8-19(24)9-5-17/h3-12,15H,2,13-14H2,1H3. The Hall–Kier alpha value is -3.18. The van der Waals surface area contributed by atoms with E-state index >= 15 is 0 Å². The minimum Gasteiger partial charge on any atom is -0.493 e. The smallest absolute Gasteiger partial charge is 0.248 e. The summed E-state index contributed by atoms with van der Waals surface area (Å²) in [4.78, 5) is 4.45. The van der Waals surface area contributed by atoms with Crippen LogP contribution in [-0.2, 0) is 12.8 Å². The van der Waals surface area contributed by atoms with Crippen molar-refractivity contribution in [3.05, 3.63) is 83.1 Å². The second-order valence-corrected chi connectivity index (χ2v) is 6.99. The number of aromatic nitrogens is 3. The van der Waals surface area contributed by atoms with E-state index in [1.807, 2.05) is 42.6 Å². The number of rotatable bonds is 7. The predicted octanol–water partition coefficient (Wildman–Crippen LogP) is 5.64. The Morgan fingerprint density at radius 2 is 1.52 bits per heavy atom. The lowest BCUT2D eigenvalue weighted by molar-refractivity contribution is 0.320. The van der Waals surface area contributed by atoms with Crippen molar-refractivity contribution in [1.82, 2.24) is 15.2 Å². The summed E-state index contributed by atoms with van der Waals surface area (Å²) < 4.78 is 11.6. The molecule has 2 heterocycles. The van der Waals surface area contributed by atoms with Crippen molar-refractivity contribution >= 4 is 11.6 Å². The molecule has 4 rings (SSSR count). The first-order valence-corrected chi connectivity index (χ1v) is 9.85. The van der Waals surface area contributed by atoms with Gasteiger partial charge in [-0.05, 0) is 66.6 Å². The Balaban J connectivity index is 1.36. The first-order valence-electron chi connectivity index (χ1n) is 9.48. The van der Waals surface area contributed by atoms with E-state index in [4.69, 9.17) is 20.8 Å². The van der Waals surface area contributed by atoms with Gasteiger partial charge < -0.3 is 9.15 Å². The Kier molecular flexibility index (Phi) is 5.86. The van der Waals surface area contributed by atoms with Crippen LogP contribution in [0.3, 0.4) is 0 Å². The summed E-state index contributed by atoms with van der Waals surface area (Å²) in [5, 5.41) is 8.91. The summed E-state index contributed by atoms with van der Waals surface area (Å²) in [6.07, 6.45) is 3.68. The summed E-state index contributed by atoms with van der Waals surface area (Å²) in [7, 11) is 0. The lowest BCUT2D eigenvalue weighted by Gasteiger charge is -2.06. The van der Waals surface area contributed by atoms with Crippen molar-refractivity contribution in [2.75, 3.05) is 6.61 Å². The predicted molar refractivity (Wildman–Crippen MR) is 113 cm³/mol. The van der Waals surface area contributed by atoms with Crippen LogP contribution in [-0.4, -0.2) is 21.8 Å². The number of hydrogen-bond acceptors (Lipinski definition) is 5. The third-order valence-corrected chi connectivity index (χ3v) is 4.79. The van der Waals surface area contributed by atoms with Gasteiger partial charge in [-0.1, -0.05) is 24.6 Å². The fraction of sp³-hybridized carbons (Fsp3) is 0.174. The van der Waals surface area contributed by atoms with E-state index in [-0.39, 0.29) is 0 Å². The van der Waals surface area contributed by atoms with Crippen molar-refractivity contribution in [2.45, 2.75) is 19.8 Å². The molecule has 0 N–H and O–H groups in total. The quantitative estimate of drug-likeness (QED) is 0.398. The average Bonchev–Trinajstić information content (AvgIpc) is 3.25. The van der Waals surface area contributed by atoms with Gasteiger partial charge in [0.2, 0.25) is 11.8 Å². The number of pyridine rings is 1. The molecular weight excluding hydrogens is 386 g/mol. The number of halogens is 1. The molecule has 0 bridgehead atoms. The van der Waals surface area contributed by atoms with Gasteiger partial charge >= 0.3 is 0 Å². The van der Waals surface area contributed by atoms with Gasteiger partial charge in [0.1, 0.15) is 5.75 Å². The van der Waals surface area contributed by atoms with Crippen LogP contribution in [0, 0.1) is 0 Å². The molecule has 0 fully saturated rings. The highest BCUT2D eigenvalue weighted by atomic mass is 35.5. The maximum atomic E-state index is 5.92. The van der Waals surface area contributed by atoms with Crippen LogP contribution in [0.4, 0.5) is 0 Å². The van der Waals surface area contributed by atoms with Crippen LogP contribution in [0.15, 0.2) is 71.3 Å². The zero-order valence-electron chi connectivity index (χ0n) is 16.0. The summed E-state index contributed by atoms with van der Waals surface area (Å²) in [5.74, 6) is 1.71. The van der Waals surface area contributed by atoms with E-state index in [0.717, 1.165) is 35.4 Å². The number of nitrogens with zero attached hydrogens (tertiary/aromatic N) is 3. The minimum atomic E-state index is 0.457. The molecule has 0 aliphatic carbocycles. The molecule has 0 radical (unpaired) electrons. The molecule has 146 valence electrons.